The van der Waals surface area contributed by atoms with Gasteiger partial charge in [0.05, 0.1) is 0 Å². The van der Waals surface area contributed by atoms with Crippen molar-refractivity contribution in [2.24, 2.45) is 10.9 Å². The van der Waals surface area contributed by atoms with Crippen LogP contribution in [0.15, 0.2) is 23.3 Å². The Labute approximate surface area is 155 Å². The van der Waals surface area contributed by atoms with E-state index in [1.807, 2.05) is 11.8 Å². The van der Waals surface area contributed by atoms with Gasteiger partial charge in [0.2, 0.25) is 0 Å². The van der Waals surface area contributed by atoms with Gasteiger partial charge in [0.1, 0.15) is 0 Å². The highest BCUT2D eigenvalue weighted by Gasteiger charge is 2.26. The van der Waals surface area contributed by atoms with Gasteiger partial charge in [-0.3, -0.25) is 4.99 Å². The number of anilines is 1. The molecule has 1 saturated heterocycles. The maximum Gasteiger partial charge on any atom is 0.191 e. The van der Waals surface area contributed by atoms with Crippen LogP contribution in [0.3, 0.4) is 0 Å². The molecule has 26 heavy (non-hydrogen) atoms. The van der Waals surface area contributed by atoms with Crippen molar-refractivity contribution in [3.63, 3.8) is 0 Å². The van der Waals surface area contributed by atoms with Crippen molar-refractivity contribution in [1.29, 1.82) is 0 Å². The van der Waals surface area contributed by atoms with Crippen LogP contribution in [0.4, 0.5) is 10.2 Å². The Kier molecular flexibility index (Phi) is 8.61. The third-order valence-corrected chi connectivity index (χ3v) is 4.65. The minimum Gasteiger partial charge on any atom is -0.396 e. The van der Waals surface area contributed by atoms with Crippen molar-refractivity contribution < 1.29 is 9.50 Å². The van der Waals surface area contributed by atoms with Crippen LogP contribution in [0.2, 0.25) is 0 Å². The third-order valence-electron chi connectivity index (χ3n) is 4.65. The van der Waals surface area contributed by atoms with E-state index in [0.717, 1.165) is 44.7 Å². The van der Waals surface area contributed by atoms with Crippen LogP contribution in [0.5, 0.6) is 0 Å². The number of halogens is 1. The number of aliphatic hydroxyl groups is 1. The van der Waals surface area contributed by atoms with Crippen LogP contribution in [0.25, 0.3) is 0 Å². The van der Waals surface area contributed by atoms with Gasteiger partial charge in [-0.15, -0.1) is 0 Å². The summed E-state index contributed by atoms with van der Waals surface area (Å²) in [4.78, 5) is 10.8. The van der Waals surface area contributed by atoms with Crippen molar-refractivity contribution in [3.05, 3.63) is 24.1 Å². The molecule has 1 aliphatic rings. The van der Waals surface area contributed by atoms with Gasteiger partial charge in [-0.1, -0.05) is 13.3 Å². The molecule has 6 nitrogen and oxygen atoms in total. The number of guanidine groups is 1. The van der Waals surface area contributed by atoms with E-state index in [1.54, 1.807) is 12.3 Å². The fourth-order valence-electron chi connectivity index (χ4n) is 3.33. The predicted octanol–water partition coefficient (Wildman–Crippen LogP) is 2.15. The second-order valence-corrected chi connectivity index (χ2v) is 6.77. The monoisotopic (exact) mass is 365 g/mol. The first kappa shape index (κ1) is 20.4. The van der Waals surface area contributed by atoms with Crippen LogP contribution < -0.4 is 15.5 Å². The minimum atomic E-state index is -0.278. The zero-order valence-electron chi connectivity index (χ0n) is 15.9. The summed E-state index contributed by atoms with van der Waals surface area (Å²) in [5, 5.41) is 15.9. The highest BCUT2D eigenvalue weighted by Crippen LogP contribution is 2.20. The maximum absolute atomic E-state index is 13.9. The molecule has 0 aromatic carbocycles. The van der Waals surface area contributed by atoms with Crippen LogP contribution in [0, 0.1) is 11.7 Å². The molecule has 146 valence electrons. The molecule has 2 unspecified atom stereocenters. The quantitative estimate of drug-likeness (QED) is 0.462. The molecule has 0 aliphatic carbocycles. The first-order valence-corrected chi connectivity index (χ1v) is 9.69. The second-order valence-electron chi connectivity index (χ2n) is 6.77. The molecular formula is C19H32FN5O. The molecule has 1 aliphatic heterocycles. The Morgan fingerprint density at radius 3 is 3.00 bits per heavy atom. The predicted molar refractivity (Wildman–Crippen MR) is 104 cm³/mol. The molecule has 0 spiro atoms. The number of aliphatic imine (C=N–C) groups is 1. The second kappa shape index (κ2) is 11.0. The lowest BCUT2D eigenvalue weighted by Gasteiger charge is -2.20. The molecule has 3 N–H and O–H groups in total. The number of hydrogen-bond donors (Lipinski definition) is 3. The molecule has 1 aromatic rings. The minimum absolute atomic E-state index is 0.205. The lowest BCUT2D eigenvalue weighted by Crippen LogP contribution is -2.45. The molecule has 1 aromatic heterocycles. The number of pyridine rings is 1. The zero-order valence-corrected chi connectivity index (χ0v) is 15.9. The van der Waals surface area contributed by atoms with Crippen LogP contribution >= 0.6 is 0 Å². The van der Waals surface area contributed by atoms with Gasteiger partial charge in [0.25, 0.3) is 0 Å². The standard InChI is InChI=1S/C19H32FN5O/c1-3-6-15(9-12-26)13-23-19(21-4-2)24-16-8-11-25(14-16)18-17(20)7-5-10-22-18/h5,7,10,15-16,26H,3-4,6,8-9,11-14H2,1-2H3,(H2,21,23,24). The first-order chi connectivity index (χ1) is 12.7. The van der Waals surface area contributed by atoms with Crippen LogP contribution in [0.1, 0.15) is 39.5 Å². The summed E-state index contributed by atoms with van der Waals surface area (Å²) in [6.07, 6.45) is 5.49. The Balaban J connectivity index is 1.93. The van der Waals surface area contributed by atoms with Crippen LogP contribution in [-0.4, -0.2) is 54.9 Å². The van der Waals surface area contributed by atoms with E-state index in [1.165, 1.54) is 6.07 Å². The van der Waals surface area contributed by atoms with Gasteiger partial charge in [-0.05, 0) is 44.2 Å². The van der Waals surface area contributed by atoms with E-state index in [9.17, 15) is 9.50 Å². The summed E-state index contributed by atoms with van der Waals surface area (Å²) < 4.78 is 13.9. The SMILES string of the molecule is CCCC(CCO)CN=C(NCC)NC1CCN(c2ncccc2F)C1. The summed E-state index contributed by atoms with van der Waals surface area (Å²) in [6, 6.07) is 3.26. The van der Waals surface area contributed by atoms with Crippen LogP contribution in [-0.2, 0) is 0 Å². The Morgan fingerprint density at radius 1 is 1.46 bits per heavy atom. The van der Waals surface area contributed by atoms with E-state index >= 15 is 0 Å². The van der Waals surface area contributed by atoms with Gasteiger partial charge >= 0.3 is 0 Å². The van der Waals surface area contributed by atoms with Gasteiger partial charge in [-0.2, -0.15) is 0 Å². The van der Waals surface area contributed by atoms with Gasteiger partial charge in [-0.25, -0.2) is 9.37 Å². The van der Waals surface area contributed by atoms with Crippen molar-refractivity contribution in [1.82, 2.24) is 15.6 Å². The number of hydrogen-bond acceptors (Lipinski definition) is 4. The maximum atomic E-state index is 13.9. The van der Waals surface area contributed by atoms with Crippen molar-refractivity contribution in [3.8, 4) is 0 Å². The average molecular weight is 365 g/mol. The van der Waals surface area contributed by atoms with Gasteiger partial charge < -0.3 is 20.6 Å². The van der Waals surface area contributed by atoms with Crippen molar-refractivity contribution in [2.45, 2.75) is 45.6 Å². The van der Waals surface area contributed by atoms with Crippen molar-refractivity contribution in [2.75, 3.05) is 37.7 Å². The number of nitrogens with one attached hydrogen (secondary N) is 2. The molecule has 1 fully saturated rings. The summed E-state index contributed by atoms with van der Waals surface area (Å²) >= 11 is 0. The summed E-state index contributed by atoms with van der Waals surface area (Å²) in [6.45, 7) is 7.36. The smallest absolute Gasteiger partial charge is 0.191 e. The van der Waals surface area contributed by atoms with E-state index in [4.69, 9.17) is 4.99 Å². The third kappa shape index (κ3) is 6.12. The molecular weight excluding hydrogens is 333 g/mol. The molecule has 2 atom stereocenters. The summed E-state index contributed by atoms with van der Waals surface area (Å²) in [5.74, 6) is 1.34. The largest absolute Gasteiger partial charge is 0.396 e. The number of aliphatic hydroxyl groups excluding tert-OH is 1. The lowest BCUT2D eigenvalue weighted by atomic mass is 10.0. The Bertz CT molecular complexity index is 563. The van der Waals surface area contributed by atoms with E-state index in [0.29, 0.717) is 24.8 Å². The molecule has 0 radical (unpaired) electrons. The molecule has 0 saturated carbocycles. The fourth-order valence-corrected chi connectivity index (χ4v) is 3.33. The van der Waals surface area contributed by atoms with Crippen molar-refractivity contribution >= 4 is 11.8 Å². The highest BCUT2D eigenvalue weighted by molar-refractivity contribution is 5.80. The average Bonchev–Trinajstić information content (AvgIpc) is 3.08. The van der Waals surface area contributed by atoms with E-state index in [-0.39, 0.29) is 18.5 Å². The highest BCUT2D eigenvalue weighted by atomic mass is 19.1. The van der Waals surface area contributed by atoms with E-state index in [2.05, 4.69) is 22.5 Å². The van der Waals surface area contributed by atoms with Gasteiger partial charge in [0, 0.05) is 45.0 Å². The normalized spacial score (nSPS) is 18.8. The molecule has 0 bridgehead atoms. The van der Waals surface area contributed by atoms with Gasteiger partial charge in [0.15, 0.2) is 17.6 Å². The summed E-state index contributed by atoms with van der Waals surface area (Å²) in [5.41, 5.74) is 0. The molecule has 2 heterocycles. The number of aromatic nitrogens is 1. The van der Waals surface area contributed by atoms with E-state index < -0.39 is 0 Å². The topological polar surface area (TPSA) is 72.8 Å². The Morgan fingerprint density at radius 2 is 2.31 bits per heavy atom. The molecule has 0 amide bonds. The summed E-state index contributed by atoms with van der Waals surface area (Å²) in [7, 11) is 0. The molecule has 7 heteroatoms. The molecule has 2 rings (SSSR count). The number of rotatable bonds is 9. The fraction of sp³-hybridized carbons (Fsp3) is 0.684. The number of nitrogens with zero attached hydrogens (tertiary/aromatic N) is 3. The lowest BCUT2D eigenvalue weighted by molar-refractivity contribution is 0.253. The zero-order chi connectivity index (χ0) is 18.8. The Hall–Kier alpha value is -1.89. The first-order valence-electron chi connectivity index (χ1n) is 9.69.